The fourth-order valence-corrected chi connectivity index (χ4v) is 5.72. The van der Waals surface area contributed by atoms with Crippen molar-refractivity contribution in [3.05, 3.63) is 77.4 Å². The molecule has 1 amide bonds. The number of anilines is 2. The van der Waals surface area contributed by atoms with Crippen molar-refractivity contribution in [2.45, 2.75) is 31.8 Å². The van der Waals surface area contributed by atoms with E-state index in [4.69, 9.17) is 14.2 Å². The first-order valence-electron chi connectivity index (χ1n) is 14.2. The summed E-state index contributed by atoms with van der Waals surface area (Å²) in [6.45, 7) is 4.48. The second-order valence-corrected chi connectivity index (χ2v) is 10.9. The van der Waals surface area contributed by atoms with Gasteiger partial charge in [-0.25, -0.2) is 0 Å². The van der Waals surface area contributed by atoms with Gasteiger partial charge < -0.3 is 24.4 Å². The monoisotopic (exact) mass is 539 g/mol. The fourth-order valence-electron chi connectivity index (χ4n) is 5.72. The Morgan fingerprint density at radius 2 is 1.65 bits per heavy atom. The molecule has 40 heavy (non-hydrogen) atoms. The third kappa shape index (κ3) is 5.86. The molecule has 7 heteroatoms. The molecule has 1 saturated heterocycles. The van der Waals surface area contributed by atoms with Crippen molar-refractivity contribution in [1.29, 1.82) is 0 Å². The Bertz CT molecular complexity index is 1400. The van der Waals surface area contributed by atoms with Gasteiger partial charge in [-0.05, 0) is 91.0 Å². The third-order valence-electron chi connectivity index (χ3n) is 8.11. The number of nitrogens with one attached hydrogen (secondary N) is 1. The van der Waals surface area contributed by atoms with Crippen LogP contribution in [0, 0.1) is 0 Å². The Morgan fingerprint density at radius 1 is 0.925 bits per heavy atom. The molecule has 3 aromatic rings. The van der Waals surface area contributed by atoms with Crippen LogP contribution >= 0.6 is 0 Å². The Balaban J connectivity index is 1.17. The van der Waals surface area contributed by atoms with Gasteiger partial charge in [0.2, 0.25) is 0 Å². The number of benzene rings is 3. The molecule has 6 rings (SSSR count). The third-order valence-corrected chi connectivity index (χ3v) is 8.11. The molecule has 0 aromatic heterocycles. The van der Waals surface area contributed by atoms with Crippen LogP contribution in [0.1, 0.15) is 30.4 Å². The van der Waals surface area contributed by atoms with Gasteiger partial charge in [-0.3, -0.25) is 9.69 Å². The van der Waals surface area contributed by atoms with Crippen LogP contribution < -0.4 is 19.7 Å². The lowest BCUT2D eigenvalue weighted by atomic mass is 9.99. The van der Waals surface area contributed by atoms with E-state index in [-0.39, 0.29) is 5.91 Å². The highest BCUT2D eigenvalue weighted by Crippen LogP contribution is 2.37. The Morgan fingerprint density at radius 3 is 2.45 bits per heavy atom. The highest BCUT2D eigenvalue weighted by Gasteiger charge is 2.20. The van der Waals surface area contributed by atoms with Gasteiger partial charge in [0.05, 0.1) is 0 Å². The van der Waals surface area contributed by atoms with E-state index in [2.05, 4.69) is 65.6 Å². The maximum absolute atomic E-state index is 13.4. The molecule has 3 aliphatic heterocycles. The minimum absolute atomic E-state index is 0.0574. The standard InChI is InChI=1S/C33H37N3O4/c1-35-14-11-26(33(37)34-28-7-3-23(4-8-28)22-36(2)29-12-15-38-16-13-29)20-27-19-24(5-9-30(27)35)25-6-10-31-32(21-25)40-18-17-39-31/h3-10,19-21,29H,11-18,22H2,1-2H3,(H,34,37). The number of nitrogens with zero attached hydrogens (tertiary/aromatic N) is 2. The lowest BCUT2D eigenvalue weighted by Gasteiger charge is -2.31. The summed E-state index contributed by atoms with van der Waals surface area (Å²) in [5.41, 5.74) is 7.10. The van der Waals surface area contributed by atoms with Gasteiger partial charge in [0.1, 0.15) is 13.2 Å². The number of ether oxygens (including phenoxy) is 3. The Labute approximate surface area is 236 Å². The summed E-state index contributed by atoms with van der Waals surface area (Å²) in [5.74, 6) is 1.49. The van der Waals surface area contributed by atoms with Crippen molar-refractivity contribution in [2.24, 2.45) is 0 Å². The van der Waals surface area contributed by atoms with Gasteiger partial charge >= 0.3 is 0 Å². The molecule has 0 bridgehead atoms. The average molecular weight is 540 g/mol. The second kappa shape index (κ2) is 11.7. The average Bonchev–Trinajstić information content (AvgIpc) is 3.16. The van der Waals surface area contributed by atoms with E-state index < -0.39 is 0 Å². The summed E-state index contributed by atoms with van der Waals surface area (Å²) >= 11 is 0. The molecule has 0 aliphatic carbocycles. The van der Waals surface area contributed by atoms with Crippen LogP contribution in [0.5, 0.6) is 11.5 Å². The molecule has 3 aliphatic rings. The van der Waals surface area contributed by atoms with E-state index in [9.17, 15) is 4.79 Å². The summed E-state index contributed by atoms with van der Waals surface area (Å²) in [4.78, 5) is 18.0. The summed E-state index contributed by atoms with van der Waals surface area (Å²) in [6.07, 6.45) is 4.86. The number of hydrogen-bond donors (Lipinski definition) is 1. The molecule has 1 fully saturated rings. The predicted octanol–water partition coefficient (Wildman–Crippen LogP) is 5.60. The zero-order valence-electron chi connectivity index (χ0n) is 23.3. The summed E-state index contributed by atoms with van der Waals surface area (Å²) in [6, 6.07) is 21.2. The lowest BCUT2D eigenvalue weighted by molar-refractivity contribution is -0.112. The van der Waals surface area contributed by atoms with Crippen molar-refractivity contribution in [1.82, 2.24) is 4.90 Å². The highest BCUT2D eigenvalue weighted by molar-refractivity contribution is 6.07. The minimum atomic E-state index is -0.0574. The molecule has 0 saturated carbocycles. The van der Waals surface area contributed by atoms with Gasteiger partial charge in [0, 0.05) is 56.3 Å². The number of carbonyl (C=O) groups excluding carboxylic acids is 1. The van der Waals surface area contributed by atoms with Crippen LogP contribution in [-0.4, -0.2) is 63.9 Å². The van der Waals surface area contributed by atoms with Crippen molar-refractivity contribution in [2.75, 3.05) is 57.3 Å². The molecule has 208 valence electrons. The molecule has 0 unspecified atom stereocenters. The number of carbonyl (C=O) groups is 1. The molecule has 3 heterocycles. The lowest BCUT2D eigenvalue weighted by Crippen LogP contribution is -2.36. The van der Waals surface area contributed by atoms with E-state index in [0.717, 1.165) is 84.3 Å². The van der Waals surface area contributed by atoms with Crippen molar-refractivity contribution in [3.63, 3.8) is 0 Å². The zero-order valence-corrected chi connectivity index (χ0v) is 23.3. The molecule has 0 radical (unpaired) electrons. The van der Waals surface area contributed by atoms with Crippen LogP contribution in [-0.2, 0) is 16.1 Å². The number of fused-ring (bicyclic) bond motifs is 2. The molecular formula is C33H37N3O4. The molecule has 0 atom stereocenters. The van der Waals surface area contributed by atoms with Crippen molar-refractivity contribution >= 4 is 23.4 Å². The number of rotatable bonds is 6. The maximum atomic E-state index is 13.4. The normalized spacial score (nSPS) is 17.2. The van der Waals surface area contributed by atoms with Crippen molar-refractivity contribution in [3.8, 4) is 22.6 Å². The Kier molecular flexibility index (Phi) is 7.75. The van der Waals surface area contributed by atoms with Gasteiger partial charge in [-0.15, -0.1) is 0 Å². The van der Waals surface area contributed by atoms with Crippen LogP contribution in [0.2, 0.25) is 0 Å². The smallest absolute Gasteiger partial charge is 0.251 e. The van der Waals surface area contributed by atoms with Crippen LogP contribution in [0.3, 0.4) is 0 Å². The van der Waals surface area contributed by atoms with Crippen LogP contribution in [0.15, 0.2) is 66.2 Å². The minimum Gasteiger partial charge on any atom is -0.486 e. The van der Waals surface area contributed by atoms with Gasteiger partial charge in [-0.1, -0.05) is 24.3 Å². The largest absolute Gasteiger partial charge is 0.486 e. The Hall–Kier alpha value is -3.81. The highest BCUT2D eigenvalue weighted by atomic mass is 16.6. The molecule has 7 nitrogen and oxygen atoms in total. The predicted molar refractivity (Wildman–Crippen MR) is 159 cm³/mol. The van der Waals surface area contributed by atoms with Crippen LogP contribution in [0.25, 0.3) is 17.2 Å². The molecule has 1 N–H and O–H groups in total. The van der Waals surface area contributed by atoms with Gasteiger partial charge in [0.25, 0.3) is 5.91 Å². The first-order chi connectivity index (χ1) is 19.5. The molecule has 0 spiro atoms. The summed E-state index contributed by atoms with van der Waals surface area (Å²) < 4.78 is 17.0. The topological polar surface area (TPSA) is 63.3 Å². The van der Waals surface area contributed by atoms with E-state index in [1.54, 1.807) is 0 Å². The second-order valence-electron chi connectivity index (χ2n) is 10.9. The van der Waals surface area contributed by atoms with E-state index in [1.807, 2.05) is 30.3 Å². The van der Waals surface area contributed by atoms with Crippen molar-refractivity contribution < 1.29 is 19.0 Å². The quantitative estimate of drug-likeness (QED) is 0.440. The van der Waals surface area contributed by atoms with Gasteiger partial charge in [-0.2, -0.15) is 0 Å². The first-order valence-corrected chi connectivity index (χ1v) is 14.2. The fraction of sp³-hybridized carbons (Fsp3) is 0.364. The summed E-state index contributed by atoms with van der Waals surface area (Å²) in [7, 11) is 4.26. The van der Waals surface area contributed by atoms with E-state index >= 15 is 0 Å². The van der Waals surface area contributed by atoms with E-state index in [1.165, 1.54) is 5.56 Å². The SMILES string of the molecule is CN1CCC(C(=O)Nc2ccc(CN(C)C3CCOCC3)cc2)=Cc2cc(-c3ccc4c(c3)OCCO4)ccc21. The van der Waals surface area contributed by atoms with Gasteiger partial charge in [0.15, 0.2) is 11.5 Å². The zero-order chi connectivity index (χ0) is 27.5. The molecular weight excluding hydrogens is 502 g/mol. The van der Waals surface area contributed by atoms with E-state index in [0.29, 0.717) is 25.7 Å². The first kappa shape index (κ1) is 26.4. The number of amides is 1. The maximum Gasteiger partial charge on any atom is 0.251 e. The van der Waals surface area contributed by atoms with Crippen LogP contribution in [0.4, 0.5) is 11.4 Å². The number of hydrogen-bond acceptors (Lipinski definition) is 6. The molecule has 3 aromatic carbocycles. The summed E-state index contributed by atoms with van der Waals surface area (Å²) in [5, 5.41) is 3.12.